The standard InChI is InChI=1S/C21H24N4O3/c1-3-20(26)22-13-19-24-17-7-5-6-8-18(17)25(19)14-21(27)23-15-9-11-16(12-10-15)28-4-2/h5-12H,3-4,13-14H2,1-2H3,(H,22,26)(H,23,27). The molecule has 1 heterocycles. The predicted molar refractivity (Wildman–Crippen MR) is 108 cm³/mol. The highest BCUT2D eigenvalue weighted by atomic mass is 16.5. The Morgan fingerprint density at radius 3 is 2.50 bits per heavy atom. The first kappa shape index (κ1) is 19.4. The van der Waals surface area contributed by atoms with Crippen LogP contribution < -0.4 is 15.4 Å². The fourth-order valence-corrected chi connectivity index (χ4v) is 2.88. The number of ether oxygens (including phenoxy) is 1. The van der Waals surface area contributed by atoms with Gasteiger partial charge in [-0.3, -0.25) is 9.59 Å². The zero-order valence-electron chi connectivity index (χ0n) is 16.1. The molecule has 2 aromatic carbocycles. The summed E-state index contributed by atoms with van der Waals surface area (Å²) < 4.78 is 7.24. The van der Waals surface area contributed by atoms with Crippen molar-refractivity contribution in [2.45, 2.75) is 33.4 Å². The number of amides is 2. The van der Waals surface area contributed by atoms with Gasteiger partial charge in [0.15, 0.2) is 0 Å². The number of anilines is 1. The van der Waals surface area contributed by atoms with E-state index >= 15 is 0 Å². The summed E-state index contributed by atoms with van der Waals surface area (Å²) in [7, 11) is 0. The molecule has 0 atom stereocenters. The number of imidazole rings is 1. The van der Waals surface area contributed by atoms with E-state index in [1.54, 1.807) is 19.1 Å². The smallest absolute Gasteiger partial charge is 0.244 e. The number of nitrogens with zero attached hydrogens (tertiary/aromatic N) is 2. The highest BCUT2D eigenvalue weighted by Crippen LogP contribution is 2.18. The molecule has 0 spiro atoms. The van der Waals surface area contributed by atoms with Gasteiger partial charge in [-0.2, -0.15) is 0 Å². The number of hydrogen-bond donors (Lipinski definition) is 2. The Bertz CT molecular complexity index is 963. The van der Waals surface area contributed by atoms with Gasteiger partial charge in [0.2, 0.25) is 11.8 Å². The fourth-order valence-electron chi connectivity index (χ4n) is 2.88. The Balaban J connectivity index is 1.76. The third kappa shape index (κ3) is 4.68. The minimum Gasteiger partial charge on any atom is -0.494 e. The Morgan fingerprint density at radius 1 is 1.04 bits per heavy atom. The number of carbonyl (C=O) groups excluding carboxylic acids is 2. The summed E-state index contributed by atoms with van der Waals surface area (Å²) in [5.74, 6) is 1.17. The van der Waals surface area contributed by atoms with E-state index < -0.39 is 0 Å². The summed E-state index contributed by atoms with van der Waals surface area (Å²) in [5.41, 5.74) is 2.33. The second kappa shape index (κ2) is 9.03. The Morgan fingerprint density at radius 2 is 1.79 bits per heavy atom. The van der Waals surface area contributed by atoms with Crippen LogP contribution in [0.15, 0.2) is 48.5 Å². The third-order valence-electron chi connectivity index (χ3n) is 4.25. The number of para-hydroxylation sites is 2. The van der Waals surface area contributed by atoms with Crippen LogP contribution in [0.25, 0.3) is 11.0 Å². The number of fused-ring (bicyclic) bond motifs is 1. The van der Waals surface area contributed by atoms with Crippen molar-refractivity contribution in [3.8, 4) is 5.75 Å². The highest BCUT2D eigenvalue weighted by molar-refractivity contribution is 5.91. The lowest BCUT2D eigenvalue weighted by Gasteiger charge is -2.11. The summed E-state index contributed by atoms with van der Waals surface area (Å²) in [5, 5.41) is 5.71. The van der Waals surface area contributed by atoms with Crippen LogP contribution in [-0.4, -0.2) is 28.0 Å². The Hall–Kier alpha value is -3.35. The second-order valence-corrected chi connectivity index (χ2v) is 6.24. The van der Waals surface area contributed by atoms with Gasteiger partial charge in [-0.05, 0) is 43.3 Å². The van der Waals surface area contributed by atoms with Crippen molar-refractivity contribution in [3.63, 3.8) is 0 Å². The molecule has 7 heteroatoms. The van der Waals surface area contributed by atoms with Crippen LogP contribution in [0.1, 0.15) is 26.1 Å². The SMILES string of the molecule is CCOc1ccc(NC(=O)Cn2c(CNC(=O)CC)nc3ccccc32)cc1. The molecule has 0 fully saturated rings. The molecule has 1 aromatic heterocycles. The average Bonchev–Trinajstić information content (AvgIpc) is 3.05. The maximum Gasteiger partial charge on any atom is 0.244 e. The van der Waals surface area contributed by atoms with Gasteiger partial charge in [0.1, 0.15) is 18.1 Å². The first-order valence-electron chi connectivity index (χ1n) is 9.34. The molecule has 0 saturated heterocycles. The molecule has 0 bridgehead atoms. The predicted octanol–water partition coefficient (Wildman–Crippen LogP) is 3.10. The Labute approximate surface area is 163 Å². The molecule has 7 nitrogen and oxygen atoms in total. The maximum atomic E-state index is 12.6. The topological polar surface area (TPSA) is 85.2 Å². The summed E-state index contributed by atoms with van der Waals surface area (Å²) in [6.45, 7) is 4.69. The van der Waals surface area contributed by atoms with Crippen LogP contribution in [0.3, 0.4) is 0 Å². The number of hydrogen-bond acceptors (Lipinski definition) is 4. The lowest BCUT2D eigenvalue weighted by atomic mass is 10.3. The number of carbonyl (C=O) groups is 2. The van der Waals surface area contributed by atoms with Crippen molar-refractivity contribution in [1.82, 2.24) is 14.9 Å². The highest BCUT2D eigenvalue weighted by Gasteiger charge is 2.14. The number of nitrogens with one attached hydrogen (secondary N) is 2. The van der Waals surface area contributed by atoms with E-state index in [1.807, 2.05) is 47.9 Å². The van der Waals surface area contributed by atoms with Gasteiger partial charge in [0.05, 0.1) is 24.2 Å². The third-order valence-corrected chi connectivity index (χ3v) is 4.25. The number of benzene rings is 2. The summed E-state index contributed by atoms with van der Waals surface area (Å²) in [6, 6.07) is 14.8. The van der Waals surface area contributed by atoms with Gasteiger partial charge in [-0.15, -0.1) is 0 Å². The van der Waals surface area contributed by atoms with E-state index in [0.717, 1.165) is 16.8 Å². The van der Waals surface area contributed by atoms with E-state index in [2.05, 4.69) is 15.6 Å². The van der Waals surface area contributed by atoms with Crippen LogP contribution in [0.2, 0.25) is 0 Å². The normalized spacial score (nSPS) is 10.6. The molecule has 3 aromatic rings. The zero-order valence-corrected chi connectivity index (χ0v) is 16.1. The van der Waals surface area contributed by atoms with Gasteiger partial charge >= 0.3 is 0 Å². The van der Waals surface area contributed by atoms with Crippen LogP contribution in [-0.2, 0) is 22.7 Å². The van der Waals surface area contributed by atoms with Crippen LogP contribution in [0.5, 0.6) is 5.75 Å². The fraction of sp³-hybridized carbons (Fsp3) is 0.286. The van der Waals surface area contributed by atoms with E-state index in [-0.39, 0.29) is 24.9 Å². The maximum absolute atomic E-state index is 12.6. The largest absolute Gasteiger partial charge is 0.494 e. The number of rotatable bonds is 8. The van der Waals surface area contributed by atoms with Crippen molar-refractivity contribution in [1.29, 1.82) is 0 Å². The van der Waals surface area contributed by atoms with Crippen LogP contribution in [0.4, 0.5) is 5.69 Å². The van der Waals surface area contributed by atoms with E-state index in [0.29, 0.717) is 24.5 Å². The van der Waals surface area contributed by atoms with Gasteiger partial charge in [0, 0.05) is 12.1 Å². The van der Waals surface area contributed by atoms with Crippen molar-refractivity contribution >= 4 is 28.5 Å². The van der Waals surface area contributed by atoms with E-state index in [1.165, 1.54) is 0 Å². The molecule has 2 amide bonds. The summed E-state index contributed by atoms with van der Waals surface area (Å²) >= 11 is 0. The minimum atomic E-state index is -0.171. The lowest BCUT2D eigenvalue weighted by molar-refractivity contribution is -0.121. The van der Waals surface area contributed by atoms with Crippen molar-refractivity contribution in [3.05, 3.63) is 54.4 Å². The monoisotopic (exact) mass is 380 g/mol. The average molecular weight is 380 g/mol. The molecule has 0 aliphatic carbocycles. The van der Waals surface area contributed by atoms with E-state index in [9.17, 15) is 9.59 Å². The van der Waals surface area contributed by atoms with Gasteiger partial charge in [0.25, 0.3) is 0 Å². The van der Waals surface area contributed by atoms with Crippen molar-refractivity contribution < 1.29 is 14.3 Å². The molecular formula is C21H24N4O3. The van der Waals surface area contributed by atoms with E-state index in [4.69, 9.17) is 4.74 Å². The molecule has 0 radical (unpaired) electrons. The van der Waals surface area contributed by atoms with Gasteiger partial charge < -0.3 is 19.9 Å². The quantitative estimate of drug-likeness (QED) is 0.629. The van der Waals surface area contributed by atoms with Gasteiger partial charge in [-0.25, -0.2) is 4.98 Å². The molecule has 3 rings (SSSR count). The molecule has 2 N–H and O–H groups in total. The Kier molecular flexibility index (Phi) is 6.26. The van der Waals surface area contributed by atoms with Crippen molar-refractivity contribution in [2.24, 2.45) is 0 Å². The molecular weight excluding hydrogens is 356 g/mol. The summed E-state index contributed by atoms with van der Waals surface area (Å²) in [6.07, 6.45) is 0.401. The molecule has 0 aliphatic rings. The lowest BCUT2D eigenvalue weighted by Crippen LogP contribution is -2.26. The van der Waals surface area contributed by atoms with Crippen LogP contribution >= 0.6 is 0 Å². The first-order valence-corrected chi connectivity index (χ1v) is 9.34. The van der Waals surface area contributed by atoms with Crippen molar-refractivity contribution in [2.75, 3.05) is 11.9 Å². The summed E-state index contributed by atoms with van der Waals surface area (Å²) in [4.78, 5) is 28.8. The number of aromatic nitrogens is 2. The molecule has 0 saturated carbocycles. The second-order valence-electron chi connectivity index (χ2n) is 6.24. The van der Waals surface area contributed by atoms with Gasteiger partial charge in [-0.1, -0.05) is 19.1 Å². The molecule has 28 heavy (non-hydrogen) atoms. The molecule has 0 aliphatic heterocycles. The van der Waals surface area contributed by atoms with Crippen LogP contribution in [0, 0.1) is 0 Å². The molecule has 146 valence electrons. The molecule has 0 unspecified atom stereocenters. The first-order chi connectivity index (χ1) is 13.6. The zero-order chi connectivity index (χ0) is 19.9. The minimum absolute atomic E-state index is 0.0579.